The number of thioether (sulfide) groups is 2. The third-order valence-corrected chi connectivity index (χ3v) is 10.8. The average molecular weight is 646 g/mol. The number of carbonyl (C=O) groups is 4. The zero-order chi connectivity index (χ0) is 31.0. The lowest BCUT2D eigenvalue weighted by Gasteiger charge is -2.57. The highest BCUT2D eigenvalue weighted by Crippen LogP contribution is 2.55. The van der Waals surface area contributed by atoms with Crippen LogP contribution >= 0.6 is 34.9 Å². The van der Waals surface area contributed by atoms with E-state index in [1.807, 2.05) is 6.26 Å². The predicted molar refractivity (Wildman–Crippen MR) is 156 cm³/mol. The summed E-state index contributed by atoms with van der Waals surface area (Å²) >= 11 is 3.85. The molecule has 0 radical (unpaired) electrons. The van der Waals surface area contributed by atoms with E-state index in [2.05, 4.69) is 15.5 Å². The third kappa shape index (κ3) is 6.20. The molecule has 3 N–H and O–H groups in total. The first-order chi connectivity index (χ1) is 19.6. The Morgan fingerprint density at radius 3 is 2.57 bits per heavy atom. The standard InChI is InChI=1S/C25H35N5O9S3/c1-23(2,3)19(33)36-11-37-20(34)25(13-8-38-24(4,5)39-13)10-30-17(32)15(18(30)42-21(25)40-7)28-16(31)14(29-35-6)12-9-41-22(26)27-12/h9,13,15,18,21H,8,10-11H2,1-7H3,(H2,26,27)(H,28,31)/t13?,15?,18-,21?,25?/m1/s1. The van der Waals surface area contributed by atoms with E-state index in [4.69, 9.17) is 29.5 Å². The number of nitrogens with zero attached hydrogens (tertiary/aromatic N) is 3. The molecule has 3 fully saturated rings. The van der Waals surface area contributed by atoms with E-state index in [-0.39, 0.29) is 29.7 Å². The minimum absolute atomic E-state index is 0.0564. The summed E-state index contributed by atoms with van der Waals surface area (Å²) in [5, 5.41) is 7.82. The molecule has 4 rings (SSSR count). The molecular formula is C25H35N5O9S3. The summed E-state index contributed by atoms with van der Waals surface area (Å²) < 4.78 is 22.2. The van der Waals surface area contributed by atoms with Crippen molar-refractivity contribution in [3.63, 3.8) is 0 Å². The zero-order valence-corrected chi connectivity index (χ0v) is 26.8. The average Bonchev–Trinajstić information content (AvgIpc) is 3.52. The monoisotopic (exact) mass is 645 g/mol. The first-order valence-electron chi connectivity index (χ1n) is 12.9. The lowest BCUT2D eigenvalue weighted by molar-refractivity contribution is -0.193. The lowest BCUT2D eigenvalue weighted by Crippen LogP contribution is -2.76. The van der Waals surface area contributed by atoms with Crippen LogP contribution < -0.4 is 11.1 Å². The molecule has 0 bridgehead atoms. The number of rotatable bonds is 9. The van der Waals surface area contributed by atoms with Crippen molar-refractivity contribution in [1.29, 1.82) is 0 Å². The number of ether oxygens (including phenoxy) is 4. The van der Waals surface area contributed by atoms with Gasteiger partial charge in [-0.25, -0.2) is 4.98 Å². The molecular weight excluding hydrogens is 611 g/mol. The SMILES string of the molecule is CON=C(C(=O)NC1C(=O)N2CC(C(=O)OCOC(=O)C(C)(C)C)(C3COC(C)(C)O3)C(SC)S[C@H]12)c1csc(N)n1. The van der Waals surface area contributed by atoms with Crippen molar-refractivity contribution in [3.05, 3.63) is 11.1 Å². The number of hydrogen-bond acceptors (Lipinski definition) is 15. The fourth-order valence-corrected chi connectivity index (χ4v) is 8.29. The number of amides is 2. The number of oxime groups is 1. The van der Waals surface area contributed by atoms with E-state index < -0.39 is 69.3 Å². The maximum absolute atomic E-state index is 13.9. The second-order valence-electron chi connectivity index (χ2n) is 11.3. The van der Waals surface area contributed by atoms with Gasteiger partial charge < -0.3 is 39.7 Å². The Bertz CT molecular complexity index is 1270. The molecule has 0 spiro atoms. The minimum Gasteiger partial charge on any atom is -0.427 e. The number of carbonyl (C=O) groups excluding carboxylic acids is 4. The topological polar surface area (TPSA) is 181 Å². The van der Waals surface area contributed by atoms with Crippen molar-refractivity contribution >= 4 is 69.5 Å². The molecule has 4 heterocycles. The van der Waals surface area contributed by atoms with Gasteiger partial charge in [-0.15, -0.1) is 34.9 Å². The molecule has 0 saturated carbocycles. The largest absolute Gasteiger partial charge is 0.427 e. The molecule has 2 amide bonds. The molecule has 5 atom stereocenters. The number of β-lactam (4-membered cyclic amide) rings is 1. The normalized spacial score (nSPS) is 28.9. The maximum Gasteiger partial charge on any atom is 0.321 e. The Morgan fingerprint density at radius 1 is 1.31 bits per heavy atom. The summed E-state index contributed by atoms with van der Waals surface area (Å²) in [7, 11) is 1.29. The van der Waals surface area contributed by atoms with Crippen molar-refractivity contribution in [1.82, 2.24) is 15.2 Å². The second-order valence-corrected chi connectivity index (χ2v) is 14.7. The molecule has 17 heteroatoms. The van der Waals surface area contributed by atoms with Crippen LogP contribution in [0.2, 0.25) is 0 Å². The van der Waals surface area contributed by atoms with Gasteiger partial charge in [0.25, 0.3) is 5.91 Å². The van der Waals surface area contributed by atoms with Crippen LogP contribution in [0.3, 0.4) is 0 Å². The Balaban J connectivity index is 1.55. The lowest BCUT2D eigenvalue weighted by atomic mass is 9.81. The molecule has 4 unspecified atom stereocenters. The van der Waals surface area contributed by atoms with E-state index in [0.717, 1.165) is 11.3 Å². The van der Waals surface area contributed by atoms with Gasteiger partial charge in [-0.05, 0) is 40.9 Å². The number of nitrogen functional groups attached to an aromatic ring is 1. The Labute approximate surface area is 255 Å². The molecule has 42 heavy (non-hydrogen) atoms. The van der Waals surface area contributed by atoms with Crippen LogP contribution in [-0.4, -0.2) is 101 Å². The third-order valence-electron chi connectivity index (χ3n) is 6.88. The van der Waals surface area contributed by atoms with Crippen molar-refractivity contribution in [2.24, 2.45) is 16.0 Å². The summed E-state index contributed by atoms with van der Waals surface area (Å²) in [6.45, 7) is 7.98. The minimum atomic E-state index is -1.37. The number of aromatic nitrogens is 1. The highest BCUT2D eigenvalue weighted by Gasteiger charge is 2.66. The summed E-state index contributed by atoms with van der Waals surface area (Å²) in [6.07, 6.45) is 1.07. The number of hydrogen-bond donors (Lipinski definition) is 2. The zero-order valence-electron chi connectivity index (χ0n) is 24.3. The number of thiazole rings is 1. The highest BCUT2D eigenvalue weighted by molar-refractivity contribution is 8.17. The first kappa shape index (κ1) is 32.3. The van der Waals surface area contributed by atoms with Crippen LogP contribution in [0.25, 0.3) is 0 Å². The van der Waals surface area contributed by atoms with E-state index >= 15 is 0 Å². The number of nitrogens with one attached hydrogen (secondary N) is 1. The fraction of sp³-hybridized carbons (Fsp3) is 0.680. The number of esters is 2. The van der Waals surface area contributed by atoms with Crippen molar-refractivity contribution in [2.75, 3.05) is 39.0 Å². The van der Waals surface area contributed by atoms with E-state index in [0.29, 0.717) is 0 Å². The maximum atomic E-state index is 13.9. The molecule has 14 nitrogen and oxygen atoms in total. The van der Waals surface area contributed by atoms with Crippen LogP contribution in [0.5, 0.6) is 0 Å². The van der Waals surface area contributed by atoms with Crippen LogP contribution in [0.15, 0.2) is 10.5 Å². The Hall–Kier alpha value is -2.60. The quantitative estimate of drug-likeness (QED) is 0.129. The van der Waals surface area contributed by atoms with Crippen molar-refractivity contribution in [3.8, 4) is 0 Å². The molecule has 1 aromatic heterocycles. The molecule has 0 aromatic carbocycles. The first-order valence-corrected chi connectivity index (χ1v) is 16.0. The van der Waals surface area contributed by atoms with Gasteiger partial charge in [-0.1, -0.05) is 5.16 Å². The van der Waals surface area contributed by atoms with Crippen LogP contribution in [0, 0.1) is 10.8 Å². The van der Waals surface area contributed by atoms with Gasteiger partial charge in [0, 0.05) is 11.9 Å². The molecule has 232 valence electrons. The Kier molecular flexibility index (Phi) is 9.37. The van der Waals surface area contributed by atoms with Crippen LogP contribution in [0.4, 0.5) is 5.13 Å². The number of nitrogens with two attached hydrogens (primary N) is 1. The summed E-state index contributed by atoms with van der Waals surface area (Å²) in [5.74, 6) is -3.24. The molecule has 3 aliphatic heterocycles. The van der Waals surface area contributed by atoms with Crippen LogP contribution in [0.1, 0.15) is 40.3 Å². The number of anilines is 1. The molecule has 1 aromatic rings. The van der Waals surface area contributed by atoms with Gasteiger partial charge in [-0.2, -0.15) is 0 Å². The van der Waals surface area contributed by atoms with Gasteiger partial charge in [0.15, 0.2) is 16.6 Å². The number of fused-ring (bicyclic) bond motifs is 1. The highest BCUT2D eigenvalue weighted by atomic mass is 32.2. The van der Waals surface area contributed by atoms with Gasteiger partial charge in [0.1, 0.15) is 35.7 Å². The van der Waals surface area contributed by atoms with Crippen molar-refractivity contribution < 1.29 is 43.0 Å². The van der Waals surface area contributed by atoms with Gasteiger partial charge in [0.05, 0.1) is 16.6 Å². The summed E-state index contributed by atoms with van der Waals surface area (Å²) in [4.78, 5) is 63.0. The van der Waals surface area contributed by atoms with E-state index in [1.54, 1.807) is 40.0 Å². The van der Waals surface area contributed by atoms with Gasteiger partial charge in [-0.3, -0.25) is 19.2 Å². The van der Waals surface area contributed by atoms with E-state index in [1.165, 1.54) is 35.5 Å². The summed E-state index contributed by atoms with van der Waals surface area (Å²) in [5.41, 5.74) is 3.65. The van der Waals surface area contributed by atoms with E-state index in [9.17, 15) is 19.2 Å². The molecule has 3 saturated heterocycles. The fourth-order valence-electron chi connectivity index (χ4n) is 4.72. The van der Waals surface area contributed by atoms with Gasteiger partial charge >= 0.3 is 11.9 Å². The second kappa shape index (κ2) is 12.2. The predicted octanol–water partition coefficient (Wildman–Crippen LogP) is 1.39. The summed E-state index contributed by atoms with van der Waals surface area (Å²) in [6, 6.07) is -0.894. The Morgan fingerprint density at radius 2 is 2.02 bits per heavy atom. The van der Waals surface area contributed by atoms with Crippen molar-refractivity contribution in [2.45, 2.75) is 62.5 Å². The van der Waals surface area contributed by atoms with Crippen LogP contribution in [-0.2, 0) is 43.0 Å². The smallest absolute Gasteiger partial charge is 0.321 e. The molecule has 3 aliphatic rings. The molecule has 0 aliphatic carbocycles. The van der Waals surface area contributed by atoms with Gasteiger partial charge in [0.2, 0.25) is 12.7 Å².